The topological polar surface area (TPSA) is 33.0 Å². The molecule has 0 aliphatic heterocycles. The van der Waals surface area contributed by atoms with Gasteiger partial charge >= 0.3 is 0 Å². The molecule has 1 atom stereocenters. The Morgan fingerprint density at radius 2 is 2.24 bits per heavy atom. The standard InChI is InChI=1S/C15H13NO/c1-17-13-6-5-10-3-2-4-11-9-12(7-8-16)15(13)14(10)11/h2-6,12H,7,9H2,1H3/t12-/m1/s1. The maximum absolute atomic E-state index is 8.93. The zero-order valence-electron chi connectivity index (χ0n) is 9.73. The Labute approximate surface area is 100 Å². The molecule has 3 rings (SSSR count). The number of methoxy groups -OCH3 is 1. The second-order valence-electron chi connectivity index (χ2n) is 4.46. The van der Waals surface area contributed by atoms with Crippen LogP contribution in [0.4, 0.5) is 0 Å². The molecule has 0 bridgehead atoms. The second-order valence-corrected chi connectivity index (χ2v) is 4.46. The molecule has 0 unspecified atom stereocenters. The molecule has 0 saturated heterocycles. The van der Waals surface area contributed by atoms with Gasteiger partial charge in [0, 0.05) is 17.9 Å². The van der Waals surface area contributed by atoms with Crippen molar-refractivity contribution in [1.29, 1.82) is 5.26 Å². The lowest BCUT2D eigenvalue weighted by Gasteiger charge is -2.12. The van der Waals surface area contributed by atoms with E-state index in [1.807, 2.05) is 6.07 Å². The van der Waals surface area contributed by atoms with E-state index >= 15 is 0 Å². The van der Waals surface area contributed by atoms with Gasteiger partial charge < -0.3 is 4.74 Å². The Bertz CT molecular complexity index is 625. The largest absolute Gasteiger partial charge is 0.496 e. The average molecular weight is 223 g/mol. The van der Waals surface area contributed by atoms with Gasteiger partial charge in [0.1, 0.15) is 5.75 Å². The van der Waals surface area contributed by atoms with Crippen molar-refractivity contribution in [3.63, 3.8) is 0 Å². The highest BCUT2D eigenvalue weighted by Gasteiger charge is 2.27. The van der Waals surface area contributed by atoms with E-state index in [1.165, 1.54) is 21.9 Å². The van der Waals surface area contributed by atoms with Crippen LogP contribution in [0.25, 0.3) is 10.8 Å². The molecule has 1 aliphatic carbocycles. The SMILES string of the molecule is COc1ccc2cccc3c2c1[C@H](CC#N)C3. The van der Waals surface area contributed by atoms with E-state index in [4.69, 9.17) is 10.00 Å². The molecular formula is C15H13NO. The number of rotatable bonds is 2. The molecule has 0 radical (unpaired) electrons. The summed E-state index contributed by atoms with van der Waals surface area (Å²) in [6.45, 7) is 0. The first-order chi connectivity index (χ1) is 8.35. The van der Waals surface area contributed by atoms with E-state index in [0.717, 1.165) is 12.2 Å². The number of hydrogen-bond acceptors (Lipinski definition) is 2. The highest BCUT2D eigenvalue weighted by molar-refractivity contribution is 5.93. The summed E-state index contributed by atoms with van der Waals surface area (Å²) in [6, 6.07) is 12.8. The van der Waals surface area contributed by atoms with Gasteiger partial charge in [-0.15, -0.1) is 0 Å². The molecule has 2 heteroatoms. The smallest absolute Gasteiger partial charge is 0.123 e. The summed E-state index contributed by atoms with van der Waals surface area (Å²) < 4.78 is 5.44. The molecule has 84 valence electrons. The zero-order chi connectivity index (χ0) is 11.8. The van der Waals surface area contributed by atoms with Crippen molar-refractivity contribution in [3.8, 4) is 11.8 Å². The molecule has 17 heavy (non-hydrogen) atoms. The van der Waals surface area contributed by atoms with Crippen molar-refractivity contribution in [2.75, 3.05) is 7.11 Å². The zero-order valence-corrected chi connectivity index (χ0v) is 9.73. The molecule has 0 fully saturated rings. The predicted octanol–water partition coefficient (Wildman–Crippen LogP) is 3.40. The first-order valence-electron chi connectivity index (χ1n) is 5.80. The Hall–Kier alpha value is -2.01. The van der Waals surface area contributed by atoms with Crippen LogP contribution < -0.4 is 4.74 Å². The van der Waals surface area contributed by atoms with E-state index in [1.54, 1.807) is 7.11 Å². The van der Waals surface area contributed by atoms with Crippen LogP contribution in [-0.4, -0.2) is 7.11 Å². The predicted molar refractivity (Wildman–Crippen MR) is 67.2 cm³/mol. The number of ether oxygens (including phenoxy) is 1. The van der Waals surface area contributed by atoms with Crippen molar-refractivity contribution < 1.29 is 4.74 Å². The van der Waals surface area contributed by atoms with Crippen LogP contribution in [0.3, 0.4) is 0 Å². The van der Waals surface area contributed by atoms with Gasteiger partial charge in [-0.25, -0.2) is 0 Å². The van der Waals surface area contributed by atoms with Crippen LogP contribution in [0.1, 0.15) is 23.5 Å². The van der Waals surface area contributed by atoms with Gasteiger partial charge in [-0.05, 0) is 28.8 Å². The monoisotopic (exact) mass is 223 g/mol. The molecule has 2 aromatic rings. The summed E-state index contributed by atoms with van der Waals surface area (Å²) in [6.07, 6.45) is 1.52. The van der Waals surface area contributed by atoms with Crippen molar-refractivity contribution in [1.82, 2.24) is 0 Å². The second kappa shape index (κ2) is 3.78. The summed E-state index contributed by atoms with van der Waals surface area (Å²) in [5.41, 5.74) is 2.57. The fourth-order valence-corrected chi connectivity index (χ4v) is 2.87. The molecule has 2 aromatic carbocycles. The van der Waals surface area contributed by atoms with Crippen LogP contribution >= 0.6 is 0 Å². The highest BCUT2D eigenvalue weighted by atomic mass is 16.5. The van der Waals surface area contributed by atoms with Crippen LogP contribution in [0.5, 0.6) is 5.75 Å². The number of nitrogens with zero attached hydrogens (tertiary/aromatic N) is 1. The van der Waals surface area contributed by atoms with Crippen molar-refractivity contribution in [3.05, 3.63) is 41.5 Å². The van der Waals surface area contributed by atoms with Crippen molar-refractivity contribution in [2.24, 2.45) is 0 Å². The van der Waals surface area contributed by atoms with E-state index in [9.17, 15) is 0 Å². The molecule has 0 aromatic heterocycles. The minimum absolute atomic E-state index is 0.288. The normalized spacial score (nSPS) is 17.1. The first-order valence-corrected chi connectivity index (χ1v) is 5.80. The summed E-state index contributed by atoms with van der Waals surface area (Å²) in [7, 11) is 1.70. The minimum Gasteiger partial charge on any atom is -0.496 e. The van der Waals surface area contributed by atoms with Gasteiger partial charge in [0.25, 0.3) is 0 Å². The van der Waals surface area contributed by atoms with E-state index in [2.05, 4.69) is 30.3 Å². The molecule has 0 heterocycles. The average Bonchev–Trinajstić information content (AvgIpc) is 2.72. The Morgan fingerprint density at radius 1 is 1.35 bits per heavy atom. The third kappa shape index (κ3) is 1.39. The number of nitriles is 1. The van der Waals surface area contributed by atoms with Crippen LogP contribution in [-0.2, 0) is 6.42 Å². The van der Waals surface area contributed by atoms with Gasteiger partial charge in [0.05, 0.1) is 13.2 Å². The summed E-state index contributed by atoms with van der Waals surface area (Å²) in [5.74, 6) is 1.21. The molecule has 0 N–H and O–H groups in total. The quantitative estimate of drug-likeness (QED) is 0.781. The lowest BCUT2D eigenvalue weighted by Crippen LogP contribution is -1.97. The van der Waals surface area contributed by atoms with Crippen molar-refractivity contribution in [2.45, 2.75) is 18.8 Å². The lowest BCUT2D eigenvalue weighted by molar-refractivity contribution is 0.407. The van der Waals surface area contributed by atoms with Crippen LogP contribution in [0.15, 0.2) is 30.3 Å². The number of benzene rings is 2. The summed E-state index contributed by atoms with van der Waals surface area (Å²) >= 11 is 0. The van der Waals surface area contributed by atoms with E-state index in [0.29, 0.717) is 6.42 Å². The molecule has 1 aliphatic rings. The maximum Gasteiger partial charge on any atom is 0.123 e. The molecular weight excluding hydrogens is 210 g/mol. The van der Waals surface area contributed by atoms with Gasteiger partial charge in [-0.1, -0.05) is 24.3 Å². The highest BCUT2D eigenvalue weighted by Crippen LogP contribution is 2.44. The van der Waals surface area contributed by atoms with Gasteiger partial charge in [-0.3, -0.25) is 0 Å². The van der Waals surface area contributed by atoms with Crippen molar-refractivity contribution >= 4 is 10.8 Å². The van der Waals surface area contributed by atoms with Gasteiger partial charge in [0.2, 0.25) is 0 Å². The third-order valence-corrected chi connectivity index (χ3v) is 3.56. The van der Waals surface area contributed by atoms with E-state index < -0.39 is 0 Å². The fourth-order valence-electron chi connectivity index (χ4n) is 2.87. The Balaban J connectivity index is 2.31. The molecule has 0 amide bonds. The van der Waals surface area contributed by atoms with Gasteiger partial charge in [-0.2, -0.15) is 5.26 Å². The third-order valence-electron chi connectivity index (χ3n) is 3.56. The minimum atomic E-state index is 0.288. The number of hydrogen-bond donors (Lipinski definition) is 0. The summed E-state index contributed by atoms with van der Waals surface area (Å²) in [4.78, 5) is 0. The Kier molecular flexibility index (Phi) is 2.26. The maximum atomic E-state index is 8.93. The molecule has 0 spiro atoms. The molecule has 0 saturated carbocycles. The van der Waals surface area contributed by atoms with Crippen LogP contribution in [0, 0.1) is 11.3 Å². The molecule has 2 nitrogen and oxygen atoms in total. The van der Waals surface area contributed by atoms with Crippen LogP contribution in [0.2, 0.25) is 0 Å². The van der Waals surface area contributed by atoms with E-state index in [-0.39, 0.29) is 5.92 Å². The summed E-state index contributed by atoms with van der Waals surface area (Å²) in [5, 5.41) is 11.5. The first kappa shape index (κ1) is 10.2. The Morgan fingerprint density at radius 3 is 3.00 bits per heavy atom. The van der Waals surface area contributed by atoms with Gasteiger partial charge in [0.15, 0.2) is 0 Å². The fraction of sp³-hybridized carbons (Fsp3) is 0.267. The lowest BCUT2D eigenvalue weighted by atomic mass is 9.96.